The van der Waals surface area contributed by atoms with E-state index in [0.717, 1.165) is 17.1 Å². The Balaban J connectivity index is 0.934. The van der Waals surface area contributed by atoms with Gasteiger partial charge in [0.05, 0.1) is 16.7 Å². The van der Waals surface area contributed by atoms with Crippen molar-refractivity contribution in [1.82, 2.24) is 4.57 Å². The molecule has 2 aliphatic carbocycles. The maximum Gasteiger partial charge on any atom is 0.0541 e. The summed E-state index contributed by atoms with van der Waals surface area (Å²) in [7, 11) is 0. The van der Waals surface area contributed by atoms with Crippen molar-refractivity contribution in [3.05, 3.63) is 229 Å². The van der Waals surface area contributed by atoms with Crippen LogP contribution < -0.4 is 4.90 Å². The van der Waals surface area contributed by atoms with E-state index in [0.29, 0.717) is 0 Å². The molecule has 0 fully saturated rings. The Hall–Kier alpha value is -7.42. The number of hydrogen-bond acceptors (Lipinski definition) is 1. The van der Waals surface area contributed by atoms with E-state index in [4.69, 9.17) is 0 Å². The van der Waals surface area contributed by atoms with Gasteiger partial charge in [0.15, 0.2) is 0 Å². The highest BCUT2D eigenvalue weighted by Crippen LogP contribution is 2.54. The summed E-state index contributed by atoms with van der Waals surface area (Å²) in [6.45, 7) is 9.52. The second-order valence-corrected chi connectivity index (χ2v) is 18.2. The van der Waals surface area contributed by atoms with Crippen molar-refractivity contribution >= 4 is 38.9 Å². The highest BCUT2D eigenvalue weighted by Gasteiger charge is 2.39. The van der Waals surface area contributed by atoms with Gasteiger partial charge in [0, 0.05) is 38.7 Å². The number of hydrogen-bond donors (Lipinski definition) is 0. The fourth-order valence-electron chi connectivity index (χ4n) is 10.9. The lowest BCUT2D eigenvalue weighted by Gasteiger charge is -2.28. The molecule has 0 amide bonds. The van der Waals surface area contributed by atoms with Gasteiger partial charge in [-0.25, -0.2) is 0 Å². The van der Waals surface area contributed by atoms with Crippen LogP contribution in [0.15, 0.2) is 206 Å². The zero-order valence-corrected chi connectivity index (χ0v) is 35.5. The molecule has 1 heterocycles. The summed E-state index contributed by atoms with van der Waals surface area (Å²) in [5, 5.41) is 2.57. The van der Waals surface area contributed by atoms with E-state index >= 15 is 0 Å². The van der Waals surface area contributed by atoms with E-state index in [1.165, 1.54) is 94.3 Å². The number of para-hydroxylation sites is 2. The van der Waals surface area contributed by atoms with Crippen LogP contribution >= 0.6 is 0 Å². The molecule has 0 saturated carbocycles. The lowest BCUT2D eigenvalue weighted by molar-refractivity contribution is 0.657. The molecule has 0 atom stereocenters. The van der Waals surface area contributed by atoms with Crippen molar-refractivity contribution in [2.24, 2.45) is 0 Å². The summed E-state index contributed by atoms with van der Waals surface area (Å²) in [5.74, 6) is 0. The molecule has 0 radical (unpaired) electrons. The van der Waals surface area contributed by atoms with E-state index in [1.807, 2.05) is 0 Å². The largest absolute Gasteiger partial charge is 0.310 e. The number of anilines is 3. The molecule has 0 N–H and O–H groups in total. The van der Waals surface area contributed by atoms with Crippen LogP contribution in [0.5, 0.6) is 0 Å². The molecule has 9 aromatic carbocycles. The van der Waals surface area contributed by atoms with Crippen molar-refractivity contribution in [3.63, 3.8) is 0 Å². The van der Waals surface area contributed by atoms with Crippen LogP contribution in [0.3, 0.4) is 0 Å². The number of aromatic nitrogens is 1. The Labute approximate surface area is 364 Å². The quantitative estimate of drug-likeness (QED) is 0.163. The molecule has 2 aliphatic rings. The van der Waals surface area contributed by atoms with Crippen LogP contribution in [0.25, 0.3) is 72.0 Å². The van der Waals surface area contributed by atoms with Crippen molar-refractivity contribution in [1.29, 1.82) is 0 Å². The SMILES string of the molecule is CC1(C)c2ccccc2-c2ccc(N(c3ccc(-c4ccccc4)cc3)c3ccc(-c4ccc5c(c4)C(C)(C)c4c-5cccc4-n4c5ccccc5c5ccccc54)cc3)cc21. The predicted molar refractivity (Wildman–Crippen MR) is 261 cm³/mol. The molecule has 2 heteroatoms. The number of fused-ring (bicyclic) bond motifs is 9. The van der Waals surface area contributed by atoms with Crippen molar-refractivity contribution in [2.75, 3.05) is 4.90 Å². The van der Waals surface area contributed by atoms with Gasteiger partial charge in [-0.05, 0) is 127 Å². The van der Waals surface area contributed by atoms with E-state index < -0.39 is 0 Å². The van der Waals surface area contributed by atoms with Crippen molar-refractivity contribution in [2.45, 2.75) is 38.5 Å². The standard InChI is InChI=1S/C60H46N2/c1-59(2)52-21-11-8-17-46(52)47-36-34-45(38-54(47)59)61(43-30-25-40(26-31-43)39-15-6-5-7-16-39)44-32-27-41(28-33-44)42-29-35-48-51-20-14-24-57(58(51)60(3,4)53(48)37-42)62-55-22-12-9-18-49(55)50-19-10-13-23-56(50)62/h5-38H,1-4H3. The van der Waals surface area contributed by atoms with Gasteiger partial charge < -0.3 is 9.47 Å². The monoisotopic (exact) mass is 794 g/mol. The molecule has 0 spiro atoms. The Morgan fingerprint density at radius 3 is 1.52 bits per heavy atom. The van der Waals surface area contributed by atoms with Crippen LogP contribution in [-0.4, -0.2) is 4.57 Å². The van der Waals surface area contributed by atoms with E-state index in [1.54, 1.807) is 0 Å². The molecule has 0 bridgehead atoms. The molecule has 0 saturated heterocycles. The summed E-state index contributed by atoms with van der Waals surface area (Å²) in [5.41, 5.74) is 22.5. The van der Waals surface area contributed by atoms with Gasteiger partial charge in [0.25, 0.3) is 0 Å². The van der Waals surface area contributed by atoms with Gasteiger partial charge in [0.1, 0.15) is 0 Å². The summed E-state index contributed by atoms with van der Waals surface area (Å²) in [6.07, 6.45) is 0. The fourth-order valence-corrected chi connectivity index (χ4v) is 10.9. The lowest BCUT2D eigenvalue weighted by Crippen LogP contribution is -2.18. The zero-order chi connectivity index (χ0) is 41.7. The molecule has 1 aromatic heterocycles. The Morgan fingerprint density at radius 1 is 0.339 bits per heavy atom. The molecule has 296 valence electrons. The normalized spacial score (nSPS) is 14.1. The van der Waals surface area contributed by atoms with Crippen molar-refractivity contribution in [3.8, 4) is 50.2 Å². The van der Waals surface area contributed by atoms with Gasteiger partial charge in [0.2, 0.25) is 0 Å². The van der Waals surface area contributed by atoms with Gasteiger partial charge in [-0.15, -0.1) is 0 Å². The first kappa shape index (κ1) is 36.4. The average molecular weight is 795 g/mol. The van der Waals surface area contributed by atoms with Crippen molar-refractivity contribution < 1.29 is 0 Å². The maximum atomic E-state index is 2.48. The fraction of sp³-hybridized carbons (Fsp3) is 0.100. The molecule has 0 unspecified atom stereocenters. The van der Waals surface area contributed by atoms with Gasteiger partial charge in [-0.1, -0.05) is 173 Å². The number of rotatable bonds is 6. The predicted octanol–water partition coefficient (Wildman–Crippen LogP) is 16.2. The first-order chi connectivity index (χ1) is 30.3. The molecular formula is C60H46N2. The highest BCUT2D eigenvalue weighted by molar-refractivity contribution is 6.09. The second kappa shape index (κ2) is 13.5. The molecular weight excluding hydrogens is 749 g/mol. The third-order valence-electron chi connectivity index (χ3n) is 14.0. The molecule has 12 rings (SSSR count). The van der Waals surface area contributed by atoms with E-state index in [2.05, 4.69) is 243 Å². The minimum absolute atomic E-state index is 0.0974. The van der Waals surface area contributed by atoms with Gasteiger partial charge in [-0.3, -0.25) is 0 Å². The van der Waals surface area contributed by atoms with Crippen LogP contribution in [0.4, 0.5) is 17.1 Å². The smallest absolute Gasteiger partial charge is 0.0541 e. The molecule has 62 heavy (non-hydrogen) atoms. The van der Waals surface area contributed by atoms with E-state index in [-0.39, 0.29) is 10.8 Å². The van der Waals surface area contributed by atoms with Gasteiger partial charge in [-0.2, -0.15) is 0 Å². The summed E-state index contributed by atoms with van der Waals surface area (Å²) in [6, 6.07) is 76.4. The van der Waals surface area contributed by atoms with Crippen LogP contribution in [0.1, 0.15) is 49.9 Å². The third kappa shape index (κ3) is 5.36. The summed E-state index contributed by atoms with van der Waals surface area (Å²) < 4.78 is 2.48. The third-order valence-corrected chi connectivity index (χ3v) is 14.0. The molecule has 10 aromatic rings. The zero-order valence-electron chi connectivity index (χ0n) is 35.5. The Kier molecular flexibility index (Phi) is 7.96. The second-order valence-electron chi connectivity index (χ2n) is 18.2. The summed E-state index contributed by atoms with van der Waals surface area (Å²) in [4.78, 5) is 2.41. The number of nitrogens with zero attached hydrogens (tertiary/aromatic N) is 2. The topological polar surface area (TPSA) is 8.17 Å². The molecule has 0 aliphatic heterocycles. The Morgan fingerprint density at radius 2 is 0.823 bits per heavy atom. The minimum atomic E-state index is -0.215. The lowest BCUT2D eigenvalue weighted by atomic mass is 9.80. The van der Waals surface area contributed by atoms with Crippen LogP contribution in [0, 0.1) is 0 Å². The highest BCUT2D eigenvalue weighted by atomic mass is 15.1. The van der Waals surface area contributed by atoms with Crippen LogP contribution in [-0.2, 0) is 10.8 Å². The minimum Gasteiger partial charge on any atom is -0.310 e. The average Bonchev–Trinajstić information content (AvgIpc) is 3.86. The first-order valence-corrected chi connectivity index (χ1v) is 21.8. The van der Waals surface area contributed by atoms with Gasteiger partial charge >= 0.3 is 0 Å². The summed E-state index contributed by atoms with van der Waals surface area (Å²) >= 11 is 0. The number of benzene rings is 9. The van der Waals surface area contributed by atoms with E-state index in [9.17, 15) is 0 Å². The first-order valence-electron chi connectivity index (χ1n) is 21.8. The maximum absolute atomic E-state index is 2.48. The Bertz CT molecular complexity index is 3330. The molecule has 2 nitrogen and oxygen atoms in total. The van der Waals surface area contributed by atoms with Crippen LogP contribution in [0.2, 0.25) is 0 Å².